The van der Waals surface area contributed by atoms with Crippen LogP contribution in [0.3, 0.4) is 0 Å². The summed E-state index contributed by atoms with van der Waals surface area (Å²) in [6.07, 6.45) is 0. The van der Waals surface area contributed by atoms with Gasteiger partial charge in [-0.15, -0.1) is 0 Å². The Labute approximate surface area is 432 Å². The van der Waals surface area contributed by atoms with Gasteiger partial charge < -0.3 is 0 Å². The summed E-state index contributed by atoms with van der Waals surface area (Å²) >= 11 is 1.88. The van der Waals surface area contributed by atoms with Gasteiger partial charge in [0.25, 0.3) is 0 Å². The quantitative estimate of drug-likeness (QED) is 0.155. The molecule has 0 unspecified atom stereocenters. The number of hydrogen-bond acceptors (Lipinski definition) is 4. The van der Waals surface area contributed by atoms with E-state index >= 15 is 0 Å². The number of benzene rings is 11. The van der Waals surface area contributed by atoms with Crippen molar-refractivity contribution in [1.29, 1.82) is 0 Å². The van der Waals surface area contributed by atoms with Crippen molar-refractivity contribution in [1.82, 2.24) is 0 Å². The van der Waals surface area contributed by atoms with Crippen molar-refractivity contribution >= 4 is 127 Å². The molecule has 15 rings (SSSR count). The van der Waals surface area contributed by atoms with Crippen LogP contribution < -0.4 is 72.4 Å². The molecule has 4 heterocycles. The minimum absolute atomic E-state index is 0.0652. The van der Waals surface area contributed by atoms with Crippen molar-refractivity contribution in [3.63, 3.8) is 0 Å². The van der Waals surface area contributed by atoms with E-state index in [-0.39, 0.29) is 6.71 Å². The summed E-state index contributed by atoms with van der Waals surface area (Å²) in [6.45, 7) is -0.0652. The van der Waals surface area contributed by atoms with Crippen molar-refractivity contribution in [2.75, 3.05) is 9.80 Å². The van der Waals surface area contributed by atoms with Gasteiger partial charge >= 0.3 is 435 Å². The number of hydrogen-bond donors (Lipinski definition) is 0. The van der Waals surface area contributed by atoms with Gasteiger partial charge in [0.05, 0.1) is 0 Å². The van der Waals surface area contributed by atoms with Crippen LogP contribution in [0.15, 0.2) is 283 Å². The predicted molar refractivity (Wildman–Crippen MR) is 315 cm³/mol. The number of para-hydroxylation sites is 5. The Bertz CT molecular complexity index is 3540. The average molecular weight is 983 g/mol. The van der Waals surface area contributed by atoms with Crippen molar-refractivity contribution in [3.05, 3.63) is 273 Å². The SMILES string of the molecule is c1ccc([SiH-]2(c3ccccc3)c3ccccc3N(c3cccc4c3Oc3cccc5c3B4c3cccc(N4c6ccccc6[SiH-](c6ccccc6)(c6ccccc6)c6ccccc64)c3S5)c3ccccc32)cc1. The Hall–Kier alpha value is -8.33. The summed E-state index contributed by atoms with van der Waals surface area (Å²) in [5.41, 5.74) is 10.8. The molecule has 346 valence electrons. The molecule has 0 atom stereocenters. The predicted octanol–water partition coefficient (Wildman–Crippen LogP) is 8.56. The van der Waals surface area contributed by atoms with Gasteiger partial charge in [-0.3, -0.25) is 0 Å². The van der Waals surface area contributed by atoms with Crippen LogP contribution in [0.5, 0.6) is 11.5 Å². The van der Waals surface area contributed by atoms with E-state index in [4.69, 9.17) is 4.74 Å². The molecule has 0 bridgehead atoms. The topological polar surface area (TPSA) is 15.7 Å². The molecule has 4 aliphatic heterocycles. The van der Waals surface area contributed by atoms with Gasteiger partial charge in [-0.05, 0) is 0 Å². The van der Waals surface area contributed by atoms with Gasteiger partial charge in [-0.25, -0.2) is 0 Å². The fraction of sp³-hybridized carbons (Fsp3) is 0. The molecular formula is C66H47BN2OSSi2-2. The summed E-state index contributed by atoms with van der Waals surface area (Å²) in [6, 6.07) is 103. The minimum atomic E-state index is -3.27. The molecule has 0 aliphatic carbocycles. The second kappa shape index (κ2) is 16.6. The molecule has 0 radical (unpaired) electrons. The second-order valence-electron chi connectivity index (χ2n) is 20.0. The fourth-order valence-corrected chi connectivity index (χ4v) is 27.0. The van der Waals surface area contributed by atoms with Gasteiger partial charge in [0.15, 0.2) is 0 Å². The van der Waals surface area contributed by atoms with Crippen LogP contribution >= 0.6 is 11.8 Å². The molecule has 73 heavy (non-hydrogen) atoms. The summed E-state index contributed by atoms with van der Waals surface area (Å²) in [5, 5.41) is 11.2. The number of fused-ring (bicyclic) bond motifs is 8. The summed E-state index contributed by atoms with van der Waals surface area (Å²) in [5.74, 6) is 1.82. The van der Waals surface area contributed by atoms with E-state index in [0.29, 0.717) is 0 Å². The third kappa shape index (κ3) is 5.95. The van der Waals surface area contributed by atoms with Crippen LogP contribution in [0.2, 0.25) is 0 Å². The number of ether oxygens (including phenoxy) is 1. The summed E-state index contributed by atoms with van der Waals surface area (Å²) in [4.78, 5) is 7.60. The Morgan fingerprint density at radius 2 is 0.671 bits per heavy atom. The molecule has 0 saturated carbocycles. The first-order chi connectivity index (χ1) is 36.3. The van der Waals surface area contributed by atoms with Crippen LogP contribution in [0.1, 0.15) is 0 Å². The van der Waals surface area contributed by atoms with Crippen LogP contribution in [-0.2, 0) is 0 Å². The van der Waals surface area contributed by atoms with Gasteiger partial charge in [-0.2, -0.15) is 0 Å². The van der Waals surface area contributed by atoms with E-state index in [1.165, 1.54) is 96.1 Å². The standard InChI is InChI=1S/C66H47BN2OSSi2/c1-5-24-46(25-6-1)72(47-26-7-2-8-27-47)60-42-17-13-34-52(60)68(53-35-14-18-43-61(53)72)56-38-21-32-50-65(56)70-58-40-23-41-59-64(58)67(50)51-33-22-39-57(66(51)71-59)69-54-36-15-19-44-62(54)73(48-28-9-3-10-29-48,49-30-11-4-12-31-49)63-45-20-16-37-55(63)69/h1-45,72-73H/q-2. The zero-order valence-electron chi connectivity index (χ0n) is 39.9. The normalized spacial score (nSPS) is 15.6. The van der Waals surface area contributed by atoms with Crippen molar-refractivity contribution < 1.29 is 4.74 Å². The van der Waals surface area contributed by atoms with Crippen LogP contribution in [0.4, 0.5) is 34.1 Å². The molecule has 11 aromatic rings. The zero-order chi connectivity index (χ0) is 48.1. The molecule has 0 amide bonds. The number of anilines is 6. The Balaban J connectivity index is 0.937. The number of nitrogens with zero attached hydrogens (tertiary/aromatic N) is 2. The molecule has 4 aliphatic rings. The monoisotopic (exact) mass is 982 g/mol. The average Bonchev–Trinajstić information content (AvgIpc) is 3.47. The van der Waals surface area contributed by atoms with E-state index < -0.39 is 16.1 Å². The molecule has 11 aromatic carbocycles. The van der Waals surface area contributed by atoms with Crippen molar-refractivity contribution in [3.8, 4) is 11.5 Å². The summed E-state index contributed by atoms with van der Waals surface area (Å²) < 4.78 is 7.38. The third-order valence-electron chi connectivity index (χ3n) is 16.7. The second-order valence-corrected chi connectivity index (χ2v) is 29.6. The van der Waals surface area contributed by atoms with Gasteiger partial charge in [-0.1, -0.05) is 0 Å². The van der Waals surface area contributed by atoms with Crippen LogP contribution in [0.25, 0.3) is 0 Å². The maximum atomic E-state index is 7.38. The van der Waals surface area contributed by atoms with Gasteiger partial charge in [0, 0.05) is 0 Å². The first-order valence-corrected chi connectivity index (χ1v) is 31.0. The fourth-order valence-electron chi connectivity index (χ4n) is 13.9. The Kier molecular flexibility index (Phi) is 9.64. The molecule has 0 spiro atoms. The van der Waals surface area contributed by atoms with E-state index in [0.717, 1.165) is 17.2 Å². The first-order valence-electron chi connectivity index (χ1n) is 25.5. The van der Waals surface area contributed by atoms with Crippen LogP contribution in [0, 0.1) is 0 Å². The van der Waals surface area contributed by atoms with Crippen molar-refractivity contribution in [2.24, 2.45) is 0 Å². The number of rotatable bonds is 6. The zero-order valence-corrected chi connectivity index (χ0v) is 43.0. The van der Waals surface area contributed by atoms with Crippen molar-refractivity contribution in [2.45, 2.75) is 9.79 Å². The summed E-state index contributed by atoms with van der Waals surface area (Å²) in [7, 11) is -6.51. The molecule has 0 aromatic heterocycles. The first kappa shape index (κ1) is 42.4. The van der Waals surface area contributed by atoms with Gasteiger partial charge in [0.2, 0.25) is 0 Å². The molecular weight excluding hydrogens is 936 g/mol. The Morgan fingerprint density at radius 3 is 1.12 bits per heavy atom. The molecule has 0 saturated heterocycles. The maximum absolute atomic E-state index is 7.38. The third-order valence-corrected chi connectivity index (χ3v) is 29.1. The molecule has 7 heteroatoms. The van der Waals surface area contributed by atoms with Crippen LogP contribution in [-0.4, -0.2) is 22.9 Å². The molecule has 0 fully saturated rings. The van der Waals surface area contributed by atoms with E-state index in [1.54, 1.807) is 0 Å². The van der Waals surface area contributed by atoms with Gasteiger partial charge in [0.1, 0.15) is 0 Å². The molecule has 0 N–H and O–H groups in total. The van der Waals surface area contributed by atoms with E-state index in [2.05, 4.69) is 283 Å². The van der Waals surface area contributed by atoms with E-state index in [1.807, 2.05) is 11.8 Å². The molecule has 3 nitrogen and oxygen atoms in total. The Morgan fingerprint density at radius 1 is 0.315 bits per heavy atom. The van der Waals surface area contributed by atoms with E-state index in [9.17, 15) is 0 Å².